The van der Waals surface area contributed by atoms with Crippen molar-refractivity contribution in [3.63, 3.8) is 0 Å². The van der Waals surface area contributed by atoms with Gasteiger partial charge < -0.3 is 21.7 Å². The number of unbranched alkanes of at least 4 members (excludes halogenated alkanes) is 7. The first-order chi connectivity index (χ1) is 12.7. The van der Waals surface area contributed by atoms with E-state index in [4.69, 9.17) is 10.5 Å². The molecule has 1 aromatic carbocycles. The Morgan fingerprint density at radius 3 is 1.68 bits per heavy atom. The fourth-order valence-electron chi connectivity index (χ4n) is 3.06. The number of nitrogens with two attached hydrogens (primary N) is 3. The highest BCUT2D eigenvalue weighted by Gasteiger charge is 2.14. The van der Waals surface area contributed by atoms with E-state index in [1.807, 2.05) is 0 Å². The molecule has 3 amide bonds. The van der Waals surface area contributed by atoms with E-state index in [-0.39, 0.29) is 22.9 Å². The first kappa shape index (κ1) is 28.6. The van der Waals surface area contributed by atoms with Crippen molar-refractivity contribution in [2.24, 2.45) is 17.2 Å². The van der Waals surface area contributed by atoms with Gasteiger partial charge in [-0.1, -0.05) is 62.4 Å². The van der Waals surface area contributed by atoms with Gasteiger partial charge in [-0.25, -0.2) is 4.79 Å². The predicted molar refractivity (Wildman–Crippen MR) is 122 cm³/mol. The number of nitrogens with zero attached hydrogens (tertiary/aromatic N) is 1. The second kappa shape index (κ2) is 17.5. The van der Waals surface area contributed by atoms with E-state index in [9.17, 15) is 4.79 Å². The molecule has 0 aliphatic rings. The lowest BCUT2D eigenvalue weighted by Gasteiger charge is -2.30. The van der Waals surface area contributed by atoms with Gasteiger partial charge in [0, 0.05) is 12.0 Å². The maximum atomic E-state index is 10.6. The van der Waals surface area contributed by atoms with Crippen LogP contribution in [0, 0.1) is 0 Å². The zero-order chi connectivity index (χ0) is 20.5. The monoisotopic (exact) mass is 459 g/mol. The SMILES string of the molecule is Br.C[N+](C)(CCCCCCCCCCC(N)=O)Cc1ccccc1.NC(N)=O. The van der Waals surface area contributed by atoms with E-state index in [0.29, 0.717) is 6.42 Å². The molecule has 0 bridgehead atoms. The van der Waals surface area contributed by atoms with Crippen molar-refractivity contribution in [2.75, 3.05) is 20.6 Å². The van der Waals surface area contributed by atoms with Crippen LogP contribution in [-0.4, -0.2) is 37.1 Å². The average molecular weight is 460 g/mol. The van der Waals surface area contributed by atoms with Gasteiger partial charge in [0.2, 0.25) is 5.91 Å². The van der Waals surface area contributed by atoms with E-state index in [2.05, 4.69) is 55.9 Å². The smallest absolute Gasteiger partial charge is 0.309 e. The maximum Gasteiger partial charge on any atom is 0.309 e. The normalized spacial score (nSPS) is 10.4. The van der Waals surface area contributed by atoms with Crippen LogP contribution in [-0.2, 0) is 11.3 Å². The zero-order valence-electron chi connectivity index (χ0n) is 17.6. The average Bonchev–Trinajstić information content (AvgIpc) is 2.56. The molecule has 6 N–H and O–H groups in total. The lowest BCUT2D eigenvalue weighted by Crippen LogP contribution is -2.39. The highest BCUT2D eigenvalue weighted by molar-refractivity contribution is 8.93. The molecule has 0 saturated heterocycles. The van der Waals surface area contributed by atoms with Crippen molar-refractivity contribution in [2.45, 2.75) is 64.3 Å². The Hall–Kier alpha value is -1.60. The summed E-state index contributed by atoms with van der Waals surface area (Å²) in [5, 5.41) is 0. The van der Waals surface area contributed by atoms with Gasteiger partial charge in [0.25, 0.3) is 0 Å². The Morgan fingerprint density at radius 2 is 1.21 bits per heavy atom. The molecule has 7 heteroatoms. The molecule has 0 aliphatic carbocycles. The van der Waals surface area contributed by atoms with Gasteiger partial charge in [0.05, 0.1) is 20.6 Å². The second-order valence-corrected chi connectivity index (χ2v) is 7.75. The molecule has 0 aliphatic heterocycles. The Kier molecular flexibility index (Phi) is 17.9. The summed E-state index contributed by atoms with van der Waals surface area (Å²) in [6.07, 6.45) is 10.5. The second-order valence-electron chi connectivity index (χ2n) is 7.75. The predicted octanol–water partition coefficient (Wildman–Crippen LogP) is 3.86. The van der Waals surface area contributed by atoms with Crippen LogP contribution in [0.25, 0.3) is 0 Å². The Morgan fingerprint density at radius 1 is 0.786 bits per heavy atom. The van der Waals surface area contributed by atoms with E-state index in [1.54, 1.807) is 0 Å². The number of hydrogen-bond acceptors (Lipinski definition) is 2. The molecular formula is C21H40BrN4O2+. The number of rotatable bonds is 13. The summed E-state index contributed by atoms with van der Waals surface area (Å²) in [5.41, 5.74) is 15.1. The number of hydrogen-bond donors (Lipinski definition) is 3. The summed E-state index contributed by atoms with van der Waals surface area (Å²) in [5.74, 6) is -0.166. The zero-order valence-corrected chi connectivity index (χ0v) is 19.3. The molecule has 1 rings (SSSR count). The van der Waals surface area contributed by atoms with Crippen molar-refractivity contribution in [1.29, 1.82) is 0 Å². The van der Waals surface area contributed by atoms with Gasteiger partial charge in [0.1, 0.15) is 6.54 Å². The summed E-state index contributed by atoms with van der Waals surface area (Å²) in [7, 11) is 4.65. The summed E-state index contributed by atoms with van der Waals surface area (Å²) < 4.78 is 1.07. The molecule has 0 spiro atoms. The molecule has 28 heavy (non-hydrogen) atoms. The van der Waals surface area contributed by atoms with E-state index >= 15 is 0 Å². The molecule has 0 saturated carbocycles. The van der Waals surface area contributed by atoms with Gasteiger partial charge in [-0.2, -0.15) is 0 Å². The molecule has 0 fully saturated rings. The number of halogens is 1. The van der Waals surface area contributed by atoms with Crippen molar-refractivity contribution in [3.05, 3.63) is 35.9 Å². The highest BCUT2D eigenvalue weighted by Crippen LogP contribution is 2.13. The van der Waals surface area contributed by atoms with E-state index in [1.165, 1.54) is 50.6 Å². The van der Waals surface area contributed by atoms with Gasteiger partial charge in [0.15, 0.2) is 0 Å². The fraction of sp³-hybridized carbons (Fsp3) is 0.619. The Balaban J connectivity index is 0. The van der Waals surface area contributed by atoms with Crippen molar-refractivity contribution < 1.29 is 14.1 Å². The Labute approximate surface area is 181 Å². The van der Waals surface area contributed by atoms with Gasteiger partial charge >= 0.3 is 6.03 Å². The number of quaternary nitrogens is 1. The van der Waals surface area contributed by atoms with Crippen LogP contribution in [0.2, 0.25) is 0 Å². The topological polar surface area (TPSA) is 112 Å². The van der Waals surface area contributed by atoms with E-state index in [0.717, 1.165) is 23.9 Å². The lowest BCUT2D eigenvalue weighted by atomic mass is 10.1. The minimum atomic E-state index is -0.833. The fourth-order valence-corrected chi connectivity index (χ4v) is 3.06. The molecule has 0 radical (unpaired) electrons. The highest BCUT2D eigenvalue weighted by atomic mass is 79.9. The molecule has 0 unspecified atom stereocenters. The minimum absolute atomic E-state index is 0. The Bertz CT molecular complexity index is 520. The number of carbonyl (C=O) groups is 2. The van der Waals surface area contributed by atoms with Gasteiger partial charge in [-0.15, -0.1) is 17.0 Å². The summed E-state index contributed by atoms with van der Waals surface area (Å²) >= 11 is 0. The third kappa shape index (κ3) is 20.7. The molecular weight excluding hydrogens is 420 g/mol. The van der Waals surface area contributed by atoms with Crippen LogP contribution in [0.3, 0.4) is 0 Å². The molecule has 0 aromatic heterocycles. The van der Waals surface area contributed by atoms with Crippen LogP contribution in [0.5, 0.6) is 0 Å². The van der Waals surface area contributed by atoms with Crippen LogP contribution in [0.15, 0.2) is 30.3 Å². The van der Waals surface area contributed by atoms with Crippen LogP contribution in [0.4, 0.5) is 4.79 Å². The first-order valence-electron chi connectivity index (χ1n) is 9.92. The third-order valence-corrected chi connectivity index (χ3v) is 4.39. The lowest BCUT2D eigenvalue weighted by molar-refractivity contribution is -0.903. The van der Waals surface area contributed by atoms with Gasteiger partial charge in [-0.3, -0.25) is 4.79 Å². The summed E-state index contributed by atoms with van der Waals surface area (Å²) in [6, 6.07) is 9.94. The third-order valence-electron chi connectivity index (χ3n) is 4.39. The molecule has 0 heterocycles. The quantitative estimate of drug-likeness (QED) is 0.307. The number of urea groups is 1. The molecule has 1 aromatic rings. The van der Waals surface area contributed by atoms with E-state index < -0.39 is 6.03 Å². The summed E-state index contributed by atoms with van der Waals surface area (Å²) in [4.78, 5) is 19.6. The molecule has 6 nitrogen and oxygen atoms in total. The van der Waals surface area contributed by atoms with Crippen molar-refractivity contribution in [3.8, 4) is 0 Å². The van der Waals surface area contributed by atoms with Crippen LogP contribution < -0.4 is 17.2 Å². The first-order valence-corrected chi connectivity index (χ1v) is 9.92. The molecule has 0 atom stereocenters. The largest absolute Gasteiger partial charge is 0.370 e. The number of amides is 3. The number of primary amides is 3. The van der Waals surface area contributed by atoms with Gasteiger partial charge in [-0.05, 0) is 19.3 Å². The maximum absolute atomic E-state index is 10.6. The molecule has 162 valence electrons. The van der Waals surface area contributed by atoms with Crippen LogP contribution >= 0.6 is 17.0 Å². The summed E-state index contributed by atoms with van der Waals surface area (Å²) in [6.45, 7) is 2.36. The van der Waals surface area contributed by atoms with Crippen molar-refractivity contribution in [1.82, 2.24) is 0 Å². The standard InChI is InChI=1S/C20H34N2O.CH4N2O.BrH/c1-22(2,18-19-14-10-9-11-15-19)17-13-8-6-4-3-5-7-12-16-20(21)23;2-1(3)4;/h9-11,14-15H,3-8,12-13,16-18H2,1-2H3,(H-,21,23);(H4,2,3,4);1H/p+1. The minimum Gasteiger partial charge on any atom is -0.370 e. The van der Waals surface area contributed by atoms with Crippen LogP contribution in [0.1, 0.15) is 63.4 Å². The number of benzene rings is 1. The number of carbonyl (C=O) groups excluding carboxylic acids is 2. The van der Waals surface area contributed by atoms with Crippen molar-refractivity contribution >= 4 is 28.9 Å².